The smallest absolute Gasteiger partial charge is 0.0346 e. The summed E-state index contributed by atoms with van der Waals surface area (Å²) in [6.07, 6.45) is 3.68. The van der Waals surface area contributed by atoms with Crippen LogP contribution in [0.1, 0.15) is 0 Å². The van der Waals surface area contributed by atoms with Crippen molar-refractivity contribution in [1.29, 1.82) is 0 Å². The SMILES string of the molecule is Br.c1ccc2cnccc2c1. The van der Waals surface area contributed by atoms with Crippen molar-refractivity contribution < 1.29 is 0 Å². The lowest BCUT2D eigenvalue weighted by Crippen LogP contribution is -1.71. The number of pyridine rings is 1. The van der Waals surface area contributed by atoms with Gasteiger partial charge in [0.2, 0.25) is 0 Å². The van der Waals surface area contributed by atoms with Gasteiger partial charge in [0.25, 0.3) is 0 Å². The van der Waals surface area contributed by atoms with Crippen LogP contribution in [0.25, 0.3) is 10.8 Å². The average molecular weight is 210 g/mol. The highest BCUT2D eigenvalue weighted by Gasteiger charge is 1.86. The summed E-state index contributed by atoms with van der Waals surface area (Å²) in [6, 6.07) is 10.2. The van der Waals surface area contributed by atoms with E-state index >= 15 is 0 Å². The van der Waals surface area contributed by atoms with Gasteiger partial charge < -0.3 is 0 Å². The van der Waals surface area contributed by atoms with E-state index in [2.05, 4.69) is 17.1 Å². The number of aromatic nitrogens is 1. The minimum absolute atomic E-state index is 0. The summed E-state index contributed by atoms with van der Waals surface area (Å²) in [5.41, 5.74) is 0. The van der Waals surface area contributed by atoms with Crippen LogP contribution in [-0.2, 0) is 0 Å². The van der Waals surface area contributed by atoms with E-state index in [-0.39, 0.29) is 17.0 Å². The Morgan fingerprint density at radius 1 is 0.909 bits per heavy atom. The molecule has 0 unspecified atom stereocenters. The van der Waals surface area contributed by atoms with Crippen molar-refractivity contribution in [2.75, 3.05) is 0 Å². The standard InChI is InChI=1S/C9H7N.BrH/c1-2-4-9-7-10-6-5-8(9)3-1;/h1-7H;1H. The van der Waals surface area contributed by atoms with Gasteiger partial charge in [-0.15, -0.1) is 17.0 Å². The highest BCUT2D eigenvalue weighted by atomic mass is 79.9. The molecule has 2 aromatic rings. The molecule has 1 aromatic carbocycles. The number of halogens is 1. The lowest BCUT2D eigenvalue weighted by Gasteiger charge is -1.91. The van der Waals surface area contributed by atoms with Crippen LogP contribution in [0.15, 0.2) is 42.7 Å². The molecule has 0 spiro atoms. The van der Waals surface area contributed by atoms with Crippen LogP contribution in [0, 0.1) is 0 Å². The number of benzene rings is 1. The first kappa shape index (κ1) is 8.21. The molecule has 0 aliphatic heterocycles. The van der Waals surface area contributed by atoms with Gasteiger partial charge in [0.05, 0.1) is 0 Å². The van der Waals surface area contributed by atoms with Crippen LogP contribution in [0.5, 0.6) is 0 Å². The molecule has 2 rings (SSSR count). The van der Waals surface area contributed by atoms with Crippen LogP contribution < -0.4 is 0 Å². The fourth-order valence-electron chi connectivity index (χ4n) is 1.03. The van der Waals surface area contributed by atoms with Crippen LogP contribution in [0.3, 0.4) is 0 Å². The van der Waals surface area contributed by atoms with E-state index in [9.17, 15) is 0 Å². The number of nitrogens with zero attached hydrogens (tertiary/aromatic N) is 1. The minimum Gasteiger partial charge on any atom is -0.264 e. The summed E-state index contributed by atoms with van der Waals surface area (Å²) in [7, 11) is 0. The molecule has 0 aliphatic rings. The molecule has 56 valence electrons. The molecule has 0 atom stereocenters. The van der Waals surface area contributed by atoms with E-state index in [1.807, 2.05) is 30.6 Å². The maximum atomic E-state index is 4.01. The van der Waals surface area contributed by atoms with Crippen molar-refractivity contribution in [2.24, 2.45) is 0 Å². The maximum absolute atomic E-state index is 4.01. The minimum atomic E-state index is 0. The van der Waals surface area contributed by atoms with E-state index in [1.165, 1.54) is 10.8 Å². The van der Waals surface area contributed by atoms with Gasteiger partial charge in [-0.1, -0.05) is 24.3 Å². The highest BCUT2D eigenvalue weighted by Crippen LogP contribution is 2.09. The largest absolute Gasteiger partial charge is 0.264 e. The normalized spacial score (nSPS) is 9.09. The van der Waals surface area contributed by atoms with E-state index in [4.69, 9.17) is 0 Å². The summed E-state index contributed by atoms with van der Waals surface area (Å²) in [5.74, 6) is 0. The second-order valence-electron chi connectivity index (χ2n) is 2.22. The Balaban J connectivity index is 0.000000605. The third kappa shape index (κ3) is 1.57. The number of hydrogen-bond donors (Lipinski definition) is 0. The molecular weight excluding hydrogens is 202 g/mol. The predicted octanol–water partition coefficient (Wildman–Crippen LogP) is 2.81. The highest BCUT2D eigenvalue weighted by molar-refractivity contribution is 8.93. The van der Waals surface area contributed by atoms with Gasteiger partial charge in [-0.2, -0.15) is 0 Å². The fourth-order valence-corrected chi connectivity index (χ4v) is 1.03. The first-order valence-corrected chi connectivity index (χ1v) is 3.25. The molecule has 11 heavy (non-hydrogen) atoms. The van der Waals surface area contributed by atoms with Gasteiger partial charge in [-0.05, 0) is 16.8 Å². The lowest BCUT2D eigenvalue weighted by atomic mass is 10.2. The predicted molar refractivity (Wildman–Crippen MR) is 52.1 cm³/mol. The molecule has 1 heterocycles. The Hall–Kier alpha value is -0.890. The second kappa shape index (κ2) is 3.49. The van der Waals surface area contributed by atoms with Crippen molar-refractivity contribution in [2.45, 2.75) is 0 Å². The summed E-state index contributed by atoms with van der Waals surface area (Å²) in [5, 5.41) is 2.45. The molecule has 1 aromatic heterocycles. The first-order chi connectivity index (χ1) is 4.97. The Morgan fingerprint density at radius 2 is 1.64 bits per heavy atom. The van der Waals surface area contributed by atoms with E-state index in [1.54, 1.807) is 0 Å². The molecule has 2 heteroatoms. The summed E-state index contributed by atoms with van der Waals surface area (Å²) in [4.78, 5) is 4.01. The summed E-state index contributed by atoms with van der Waals surface area (Å²) in [6.45, 7) is 0. The molecule has 0 fully saturated rings. The molecular formula is C9H8BrN. The van der Waals surface area contributed by atoms with E-state index in [0.717, 1.165) is 0 Å². The van der Waals surface area contributed by atoms with Gasteiger partial charge in [-0.3, -0.25) is 4.98 Å². The van der Waals surface area contributed by atoms with Gasteiger partial charge in [-0.25, -0.2) is 0 Å². The molecule has 0 bridgehead atoms. The Kier molecular flexibility index (Phi) is 2.60. The van der Waals surface area contributed by atoms with Crippen molar-refractivity contribution >= 4 is 27.8 Å². The lowest BCUT2D eigenvalue weighted by molar-refractivity contribution is 1.36. The first-order valence-electron chi connectivity index (χ1n) is 3.25. The average Bonchev–Trinajstić information content (AvgIpc) is 2.05. The van der Waals surface area contributed by atoms with Gasteiger partial charge >= 0.3 is 0 Å². The molecule has 0 saturated heterocycles. The van der Waals surface area contributed by atoms with Crippen molar-refractivity contribution in [3.63, 3.8) is 0 Å². The zero-order valence-corrected chi connectivity index (χ0v) is 7.61. The third-order valence-electron chi connectivity index (χ3n) is 1.55. The van der Waals surface area contributed by atoms with Crippen LogP contribution >= 0.6 is 17.0 Å². The fraction of sp³-hybridized carbons (Fsp3) is 0. The Morgan fingerprint density at radius 3 is 2.36 bits per heavy atom. The van der Waals surface area contributed by atoms with Crippen LogP contribution in [0.4, 0.5) is 0 Å². The van der Waals surface area contributed by atoms with E-state index in [0.29, 0.717) is 0 Å². The topological polar surface area (TPSA) is 12.9 Å². The Labute approximate surface area is 75.8 Å². The monoisotopic (exact) mass is 209 g/mol. The maximum Gasteiger partial charge on any atom is 0.0346 e. The van der Waals surface area contributed by atoms with Crippen molar-refractivity contribution in [3.8, 4) is 0 Å². The summed E-state index contributed by atoms with van der Waals surface area (Å²) >= 11 is 0. The van der Waals surface area contributed by atoms with Crippen LogP contribution in [-0.4, -0.2) is 4.98 Å². The van der Waals surface area contributed by atoms with Gasteiger partial charge in [0.15, 0.2) is 0 Å². The molecule has 0 saturated carbocycles. The zero-order chi connectivity index (χ0) is 6.81. The summed E-state index contributed by atoms with van der Waals surface area (Å²) < 4.78 is 0. The molecule has 0 aliphatic carbocycles. The number of hydrogen-bond acceptors (Lipinski definition) is 1. The zero-order valence-electron chi connectivity index (χ0n) is 5.90. The number of rotatable bonds is 0. The van der Waals surface area contributed by atoms with Crippen molar-refractivity contribution in [1.82, 2.24) is 4.98 Å². The molecule has 0 amide bonds. The number of fused-ring (bicyclic) bond motifs is 1. The molecule has 0 N–H and O–H groups in total. The second-order valence-corrected chi connectivity index (χ2v) is 2.22. The van der Waals surface area contributed by atoms with Crippen LogP contribution in [0.2, 0.25) is 0 Å². The Bertz CT molecular complexity index is 281. The molecule has 0 radical (unpaired) electrons. The van der Waals surface area contributed by atoms with Gasteiger partial charge in [0.1, 0.15) is 0 Å². The third-order valence-corrected chi connectivity index (χ3v) is 1.55. The van der Waals surface area contributed by atoms with E-state index < -0.39 is 0 Å². The van der Waals surface area contributed by atoms with Crippen molar-refractivity contribution in [3.05, 3.63) is 42.7 Å². The quantitative estimate of drug-likeness (QED) is 0.651. The van der Waals surface area contributed by atoms with Gasteiger partial charge in [0, 0.05) is 12.4 Å². The molecule has 1 nitrogen and oxygen atoms in total.